The summed E-state index contributed by atoms with van der Waals surface area (Å²) in [6, 6.07) is 11.4. The highest BCUT2D eigenvalue weighted by molar-refractivity contribution is 7.98. The molecule has 0 saturated carbocycles. The normalized spacial score (nSPS) is 11.2. The Bertz CT molecular complexity index is 995. The van der Waals surface area contributed by atoms with E-state index in [0.717, 1.165) is 28.0 Å². The number of halogens is 1. The Morgan fingerprint density at radius 1 is 1.12 bits per heavy atom. The quantitative estimate of drug-likeness (QED) is 0.421. The summed E-state index contributed by atoms with van der Waals surface area (Å²) < 4.78 is 7.83. The van der Waals surface area contributed by atoms with Gasteiger partial charge in [-0.2, -0.15) is 0 Å². The van der Waals surface area contributed by atoms with Crippen LogP contribution in [0.2, 0.25) is 5.02 Å². The molecule has 4 aromatic rings. The van der Waals surface area contributed by atoms with Gasteiger partial charge in [-0.1, -0.05) is 29.4 Å². The van der Waals surface area contributed by atoms with Gasteiger partial charge in [-0.3, -0.25) is 0 Å². The molecular formula is C17H14ClN5OS2. The van der Waals surface area contributed by atoms with E-state index in [1.54, 1.807) is 23.5 Å². The summed E-state index contributed by atoms with van der Waals surface area (Å²) in [5.41, 5.74) is 0.842. The summed E-state index contributed by atoms with van der Waals surface area (Å²) in [6.45, 7) is 2.87. The first kappa shape index (κ1) is 17.3. The second kappa shape index (κ2) is 7.61. The summed E-state index contributed by atoms with van der Waals surface area (Å²) in [4.78, 5) is 1.11. The SMILES string of the molecule is CCn1c(SCc2nnc(-c3ccc(Cl)cc3)o2)nnc1-c1cccs1. The maximum atomic E-state index is 5.90. The molecule has 0 saturated heterocycles. The number of aromatic nitrogens is 5. The van der Waals surface area contributed by atoms with Crippen molar-refractivity contribution in [2.45, 2.75) is 24.4 Å². The fourth-order valence-corrected chi connectivity index (χ4v) is 4.10. The third-order valence-corrected chi connectivity index (χ3v) is 5.73. The number of benzene rings is 1. The van der Waals surface area contributed by atoms with Gasteiger partial charge in [0, 0.05) is 17.1 Å². The lowest BCUT2D eigenvalue weighted by Crippen LogP contribution is -1.99. The Labute approximate surface area is 163 Å². The largest absolute Gasteiger partial charge is 0.420 e. The highest BCUT2D eigenvalue weighted by Gasteiger charge is 2.15. The molecule has 3 heterocycles. The minimum Gasteiger partial charge on any atom is -0.420 e. The lowest BCUT2D eigenvalue weighted by molar-refractivity contribution is 0.528. The third-order valence-electron chi connectivity index (χ3n) is 3.66. The van der Waals surface area contributed by atoms with Crippen molar-refractivity contribution in [2.24, 2.45) is 0 Å². The van der Waals surface area contributed by atoms with Crippen molar-refractivity contribution < 1.29 is 4.42 Å². The van der Waals surface area contributed by atoms with E-state index >= 15 is 0 Å². The number of thioether (sulfide) groups is 1. The van der Waals surface area contributed by atoms with Crippen molar-refractivity contribution in [3.05, 3.63) is 52.7 Å². The summed E-state index contributed by atoms with van der Waals surface area (Å²) in [7, 11) is 0. The highest BCUT2D eigenvalue weighted by atomic mass is 35.5. The van der Waals surface area contributed by atoms with E-state index in [2.05, 4.69) is 31.9 Å². The fourth-order valence-electron chi connectivity index (χ4n) is 2.42. The van der Waals surface area contributed by atoms with Gasteiger partial charge in [-0.25, -0.2) is 0 Å². The molecular weight excluding hydrogens is 390 g/mol. The molecule has 4 rings (SSSR count). The minimum absolute atomic E-state index is 0.480. The standard InChI is InChI=1S/C17H14ClN5OS2/c1-2-23-15(13-4-3-9-25-13)20-22-17(23)26-10-14-19-21-16(24-14)11-5-7-12(18)8-6-11/h3-9H,2,10H2,1H3. The van der Waals surface area contributed by atoms with Gasteiger partial charge >= 0.3 is 0 Å². The second-order valence-electron chi connectivity index (χ2n) is 5.32. The molecule has 0 aliphatic heterocycles. The summed E-state index contributed by atoms with van der Waals surface area (Å²) >= 11 is 9.09. The van der Waals surface area contributed by atoms with Crippen molar-refractivity contribution in [3.8, 4) is 22.2 Å². The Hall–Kier alpha value is -2.16. The number of rotatable bonds is 6. The van der Waals surface area contributed by atoms with E-state index in [1.165, 1.54) is 11.8 Å². The first-order valence-corrected chi connectivity index (χ1v) is 10.2. The van der Waals surface area contributed by atoms with Crippen LogP contribution in [0, 0.1) is 0 Å². The van der Waals surface area contributed by atoms with Gasteiger partial charge in [0.15, 0.2) is 11.0 Å². The Morgan fingerprint density at radius 3 is 2.69 bits per heavy atom. The molecule has 132 valence electrons. The van der Waals surface area contributed by atoms with Crippen LogP contribution in [0.25, 0.3) is 22.2 Å². The molecule has 0 fully saturated rings. The predicted octanol–water partition coefficient (Wildman–Crippen LogP) is 5.02. The van der Waals surface area contributed by atoms with Crippen molar-refractivity contribution >= 4 is 34.7 Å². The Kier molecular flexibility index (Phi) is 5.05. The monoisotopic (exact) mass is 403 g/mol. The summed E-state index contributed by atoms with van der Waals surface area (Å²) in [5.74, 6) is 2.44. The minimum atomic E-state index is 0.480. The van der Waals surface area contributed by atoms with Gasteiger partial charge in [0.25, 0.3) is 0 Å². The van der Waals surface area contributed by atoms with Crippen molar-refractivity contribution in [3.63, 3.8) is 0 Å². The zero-order chi connectivity index (χ0) is 17.9. The Balaban J connectivity index is 1.49. The van der Waals surface area contributed by atoms with Crippen LogP contribution in [-0.4, -0.2) is 25.0 Å². The topological polar surface area (TPSA) is 69.6 Å². The van der Waals surface area contributed by atoms with Crippen LogP contribution in [0.1, 0.15) is 12.8 Å². The molecule has 3 aromatic heterocycles. The highest BCUT2D eigenvalue weighted by Crippen LogP contribution is 2.29. The van der Waals surface area contributed by atoms with E-state index in [0.29, 0.717) is 22.6 Å². The van der Waals surface area contributed by atoms with Crippen molar-refractivity contribution in [1.29, 1.82) is 0 Å². The van der Waals surface area contributed by atoms with Crippen molar-refractivity contribution in [1.82, 2.24) is 25.0 Å². The van der Waals surface area contributed by atoms with Gasteiger partial charge < -0.3 is 8.98 Å². The van der Waals surface area contributed by atoms with E-state index in [9.17, 15) is 0 Å². The van der Waals surface area contributed by atoms with E-state index in [-0.39, 0.29) is 0 Å². The van der Waals surface area contributed by atoms with Gasteiger partial charge in [0.1, 0.15) is 0 Å². The maximum absolute atomic E-state index is 5.90. The van der Waals surface area contributed by atoms with Gasteiger partial charge in [-0.15, -0.1) is 31.7 Å². The number of nitrogens with zero attached hydrogens (tertiary/aromatic N) is 5. The van der Waals surface area contributed by atoms with Gasteiger partial charge in [0.05, 0.1) is 10.6 Å². The number of hydrogen-bond donors (Lipinski definition) is 0. The number of hydrogen-bond acceptors (Lipinski definition) is 7. The molecule has 0 bridgehead atoms. The van der Waals surface area contributed by atoms with Crippen LogP contribution >= 0.6 is 34.7 Å². The summed E-state index contributed by atoms with van der Waals surface area (Å²) in [6.07, 6.45) is 0. The van der Waals surface area contributed by atoms with Crippen LogP contribution in [0.4, 0.5) is 0 Å². The maximum Gasteiger partial charge on any atom is 0.247 e. The van der Waals surface area contributed by atoms with E-state index < -0.39 is 0 Å². The first-order valence-electron chi connectivity index (χ1n) is 7.93. The fraction of sp³-hybridized carbons (Fsp3) is 0.176. The second-order valence-corrected chi connectivity index (χ2v) is 7.65. The molecule has 0 radical (unpaired) electrons. The molecule has 0 amide bonds. The molecule has 0 atom stereocenters. The van der Waals surface area contributed by atoms with E-state index in [4.69, 9.17) is 16.0 Å². The van der Waals surface area contributed by atoms with Crippen LogP contribution in [0.3, 0.4) is 0 Å². The molecule has 9 heteroatoms. The molecule has 0 aliphatic rings. The first-order chi connectivity index (χ1) is 12.7. The summed E-state index contributed by atoms with van der Waals surface area (Å²) in [5, 5.41) is 20.4. The number of thiophene rings is 1. The molecule has 1 aromatic carbocycles. The third kappa shape index (κ3) is 3.53. The van der Waals surface area contributed by atoms with Crippen molar-refractivity contribution in [2.75, 3.05) is 0 Å². The Morgan fingerprint density at radius 2 is 1.96 bits per heavy atom. The molecule has 0 aliphatic carbocycles. The zero-order valence-corrected chi connectivity index (χ0v) is 16.2. The molecule has 0 spiro atoms. The lowest BCUT2D eigenvalue weighted by Gasteiger charge is -2.04. The average molecular weight is 404 g/mol. The predicted molar refractivity (Wildman–Crippen MR) is 103 cm³/mol. The molecule has 0 unspecified atom stereocenters. The van der Waals surface area contributed by atoms with Crippen LogP contribution < -0.4 is 0 Å². The van der Waals surface area contributed by atoms with Crippen LogP contribution in [0.5, 0.6) is 0 Å². The molecule has 0 N–H and O–H groups in total. The van der Waals surface area contributed by atoms with Crippen LogP contribution in [-0.2, 0) is 12.3 Å². The molecule has 26 heavy (non-hydrogen) atoms. The van der Waals surface area contributed by atoms with Crippen LogP contribution in [0.15, 0.2) is 51.4 Å². The zero-order valence-electron chi connectivity index (χ0n) is 13.8. The molecule has 6 nitrogen and oxygen atoms in total. The van der Waals surface area contributed by atoms with E-state index in [1.807, 2.05) is 29.6 Å². The van der Waals surface area contributed by atoms with Gasteiger partial charge in [0.2, 0.25) is 11.8 Å². The van der Waals surface area contributed by atoms with Gasteiger partial charge in [-0.05, 0) is 42.6 Å². The smallest absolute Gasteiger partial charge is 0.247 e. The lowest BCUT2D eigenvalue weighted by atomic mass is 10.2. The average Bonchev–Trinajstić information content (AvgIpc) is 3.40.